The lowest BCUT2D eigenvalue weighted by atomic mass is 10.1. The van der Waals surface area contributed by atoms with E-state index < -0.39 is 0 Å². The topological polar surface area (TPSA) is 3.24 Å². The molecule has 0 fully saturated rings. The van der Waals surface area contributed by atoms with Crippen LogP contribution in [0.15, 0.2) is 28.0 Å². The fraction of sp³-hybridized carbons (Fsp3) is 0.273. The third kappa shape index (κ3) is 1.59. The zero-order valence-electron chi connectivity index (χ0n) is 7.84. The third-order valence-corrected chi connectivity index (χ3v) is 4.06. The molecule has 1 aliphatic rings. The predicted octanol–water partition coefficient (Wildman–Crippen LogP) is 3.26. The van der Waals surface area contributed by atoms with E-state index in [0.29, 0.717) is 0 Å². The van der Waals surface area contributed by atoms with Crippen molar-refractivity contribution in [1.82, 2.24) is 4.90 Å². The van der Waals surface area contributed by atoms with E-state index >= 15 is 0 Å². The van der Waals surface area contributed by atoms with Crippen LogP contribution < -0.4 is 0 Å². The monoisotopic (exact) mass is 285 g/mol. The molecule has 0 radical (unpaired) electrons. The predicted molar refractivity (Wildman–Crippen MR) is 64.5 cm³/mol. The first kappa shape index (κ1) is 9.06. The summed E-state index contributed by atoms with van der Waals surface area (Å²) in [5.41, 5.74) is 4.12. The van der Waals surface area contributed by atoms with Crippen LogP contribution in [0.25, 0.3) is 5.57 Å². The quantitative estimate of drug-likeness (QED) is 0.522. The highest BCUT2D eigenvalue weighted by Gasteiger charge is 2.12. The Morgan fingerprint density at radius 1 is 1.38 bits per heavy atom. The third-order valence-electron chi connectivity index (χ3n) is 2.42. The molecule has 2 heteroatoms. The van der Waals surface area contributed by atoms with E-state index in [4.69, 9.17) is 0 Å². The molecule has 68 valence electrons. The Kier molecular flexibility index (Phi) is 2.32. The molecule has 13 heavy (non-hydrogen) atoms. The van der Waals surface area contributed by atoms with Gasteiger partial charge in [0.05, 0.1) is 3.70 Å². The van der Waals surface area contributed by atoms with Crippen LogP contribution in [0.5, 0.6) is 0 Å². The molecule has 0 aliphatic carbocycles. The zero-order valence-corrected chi connectivity index (χ0v) is 10.00. The molecule has 0 atom stereocenters. The molecule has 2 bridgehead atoms. The average molecular weight is 285 g/mol. The molecule has 1 aromatic rings. The summed E-state index contributed by atoms with van der Waals surface area (Å²) in [6.45, 7) is 3.20. The lowest BCUT2D eigenvalue weighted by Gasteiger charge is -2.17. The molecular weight excluding hydrogens is 273 g/mol. The SMILES string of the molecule is CC1=C(I)N(C)Cc2cccc1c2. The van der Waals surface area contributed by atoms with Gasteiger partial charge in [0.2, 0.25) is 0 Å². The minimum atomic E-state index is 1.02. The highest BCUT2D eigenvalue weighted by atomic mass is 127. The maximum atomic E-state index is 2.41. The van der Waals surface area contributed by atoms with Crippen LogP contribution >= 0.6 is 22.6 Å². The van der Waals surface area contributed by atoms with E-state index in [0.717, 1.165) is 6.54 Å². The van der Waals surface area contributed by atoms with Gasteiger partial charge >= 0.3 is 0 Å². The largest absolute Gasteiger partial charge is 0.365 e. The summed E-state index contributed by atoms with van der Waals surface area (Å²) in [7, 11) is 2.14. The lowest BCUT2D eigenvalue weighted by Crippen LogP contribution is -2.12. The van der Waals surface area contributed by atoms with Crippen LogP contribution in [0.4, 0.5) is 0 Å². The van der Waals surface area contributed by atoms with Crippen molar-refractivity contribution in [2.24, 2.45) is 0 Å². The minimum absolute atomic E-state index is 1.02. The van der Waals surface area contributed by atoms with Crippen LogP contribution in [-0.4, -0.2) is 11.9 Å². The second-order valence-corrected chi connectivity index (χ2v) is 4.49. The molecule has 0 saturated carbocycles. The molecule has 0 aromatic heterocycles. The van der Waals surface area contributed by atoms with Gasteiger partial charge in [-0.3, -0.25) is 0 Å². The van der Waals surface area contributed by atoms with Crippen molar-refractivity contribution >= 4 is 28.2 Å². The molecule has 1 aliphatic heterocycles. The Hall–Kier alpha value is -0.510. The molecule has 1 nitrogen and oxygen atoms in total. The summed E-state index contributed by atoms with van der Waals surface area (Å²) < 4.78 is 1.35. The molecule has 0 N–H and O–H groups in total. The summed E-state index contributed by atoms with van der Waals surface area (Å²) in [5, 5.41) is 0. The van der Waals surface area contributed by atoms with Gasteiger partial charge in [0, 0.05) is 13.6 Å². The number of nitrogens with zero attached hydrogens (tertiary/aromatic N) is 1. The first-order chi connectivity index (χ1) is 6.18. The van der Waals surface area contributed by atoms with Crippen molar-refractivity contribution in [2.75, 3.05) is 7.05 Å². The van der Waals surface area contributed by atoms with Crippen molar-refractivity contribution in [1.29, 1.82) is 0 Å². The fourth-order valence-electron chi connectivity index (χ4n) is 1.65. The van der Waals surface area contributed by atoms with E-state index in [-0.39, 0.29) is 0 Å². The molecule has 0 unspecified atom stereocenters. The van der Waals surface area contributed by atoms with Crippen LogP contribution in [0.1, 0.15) is 18.1 Å². The summed E-state index contributed by atoms with van der Waals surface area (Å²) >= 11 is 2.41. The number of rotatable bonds is 0. The Balaban J connectivity index is 2.60. The smallest absolute Gasteiger partial charge is 0.0793 e. The van der Waals surface area contributed by atoms with Gasteiger partial charge in [0.15, 0.2) is 0 Å². The molecule has 1 heterocycles. The van der Waals surface area contributed by atoms with Crippen molar-refractivity contribution < 1.29 is 0 Å². The molecule has 1 aromatic carbocycles. The van der Waals surface area contributed by atoms with Gasteiger partial charge in [0.25, 0.3) is 0 Å². The van der Waals surface area contributed by atoms with Gasteiger partial charge in [-0.1, -0.05) is 18.2 Å². The minimum Gasteiger partial charge on any atom is -0.365 e. The summed E-state index contributed by atoms with van der Waals surface area (Å²) in [4.78, 5) is 2.29. The molecule has 0 amide bonds. The van der Waals surface area contributed by atoms with E-state index in [2.05, 4.69) is 65.7 Å². The number of benzene rings is 1. The summed E-state index contributed by atoms with van der Waals surface area (Å²) in [6, 6.07) is 8.77. The fourth-order valence-corrected chi connectivity index (χ4v) is 2.13. The zero-order chi connectivity index (χ0) is 9.42. The maximum Gasteiger partial charge on any atom is 0.0793 e. The number of hydrogen-bond acceptors (Lipinski definition) is 1. The lowest BCUT2D eigenvalue weighted by molar-refractivity contribution is 0.449. The Labute approximate surface area is 92.6 Å². The highest BCUT2D eigenvalue weighted by Crippen LogP contribution is 2.29. The van der Waals surface area contributed by atoms with Crippen molar-refractivity contribution in [2.45, 2.75) is 13.5 Å². The van der Waals surface area contributed by atoms with Gasteiger partial charge in [-0.25, -0.2) is 0 Å². The summed E-state index contributed by atoms with van der Waals surface area (Å²) in [6.07, 6.45) is 0. The summed E-state index contributed by atoms with van der Waals surface area (Å²) in [5.74, 6) is 0. The molecule has 0 spiro atoms. The van der Waals surface area contributed by atoms with Gasteiger partial charge in [-0.2, -0.15) is 0 Å². The van der Waals surface area contributed by atoms with E-state index in [1.54, 1.807) is 0 Å². The normalized spacial score (nSPS) is 16.1. The van der Waals surface area contributed by atoms with Crippen LogP contribution in [0.3, 0.4) is 0 Å². The Morgan fingerprint density at radius 3 is 2.92 bits per heavy atom. The number of halogens is 1. The first-order valence-electron chi connectivity index (χ1n) is 4.35. The Bertz CT molecular complexity index is 368. The number of hydrogen-bond donors (Lipinski definition) is 0. The van der Waals surface area contributed by atoms with Gasteiger partial charge in [0.1, 0.15) is 0 Å². The second-order valence-electron chi connectivity index (χ2n) is 3.47. The van der Waals surface area contributed by atoms with Crippen molar-refractivity contribution in [3.63, 3.8) is 0 Å². The number of allylic oxidation sites excluding steroid dienone is 1. The Morgan fingerprint density at radius 2 is 2.15 bits per heavy atom. The number of fused-ring (bicyclic) bond motifs is 2. The molecule has 2 rings (SSSR count). The van der Waals surface area contributed by atoms with Crippen LogP contribution in [-0.2, 0) is 6.54 Å². The van der Waals surface area contributed by atoms with E-state index in [1.165, 1.54) is 20.4 Å². The van der Waals surface area contributed by atoms with Gasteiger partial charge in [-0.05, 0) is 52.3 Å². The van der Waals surface area contributed by atoms with Gasteiger partial charge < -0.3 is 4.90 Å². The molecular formula is C11H12IN. The van der Waals surface area contributed by atoms with Crippen molar-refractivity contribution in [3.8, 4) is 0 Å². The molecule has 0 saturated heterocycles. The highest BCUT2D eigenvalue weighted by molar-refractivity contribution is 14.1. The van der Waals surface area contributed by atoms with E-state index in [1.807, 2.05) is 0 Å². The van der Waals surface area contributed by atoms with Crippen molar-refractivity contribution in [3.05, 3.63) is 39.1 Å². The first-order valence-corrected chi connectivity index (χ1v) is 5.43. The average Bonchev–Trinajstić information content (AvgIpc) is 2.20. The van der Waals surface area contributed by atoms with Crippen LogP contribution in [0.2, 0.25) is 0 Å². The maximum absolute atomic E-state index is 2.41. The van der Waals surface area contributed by atoms with Crippen LogP contribution in [0, 0.1) is 0 Å². The second kappa shape index (κ2) is 3.33. The standard InChI is InChI=1S/C11H12IN/c1-8-10-5-3-4-9(6-10)7-13(2)11(8)12/h3-6H,7H2,1-2H3. The van der Waals surface area contributed by atoms with Gasteiger partial charge in [-0.15, -0.1) is 0 Å². The van der Waals surface area contributed by atoms with E-state index in [9.17, 15) is 0 Å².